The molecule has 1 aliphatic rings. The number of carboxylic acids is 1. The van der Waals surface area contributed by atoms with Gasteiger partial charge in [-0.1, -0.05) is 13.8 Å². The van der Waals surface area contributed by atoms with Crippen LogP contribution in [-0.2, 0) is 9.59 Å². The van der Waals surface area contributed by atoms with Gasteiger partial charge in [-0.15, -0.1) is 0 Å². The molecule has 2 unspecified atom stereocenters. The summed E-state index contributed by atoms with van der Waals surface area (Å²) in [7, 11) is 0. The van der Waals surface area contributed by atoms with Crippen LogP contribution >= 0.6 is 0 Å². The SMILES string of the molecule is CC(C)CCNC(=O)C(C)NC(C(=O)O)C1CC1. The molecule has 0 saturated heterocycles. The number of carboxylic acid groups (broad SMARTS) is 1. The Labute approximate surface area is 108 Å². The summed E-state index contributed by atoms with van der Waals surface area (Å²) >= 11 is 0. The summed E-state index contributed by atoms with van der Waals surface area (Å²) in [6.07, 6.45) is 2.81. The van der Waals surface area contributed by atoms with Crippen LogP contribution in [0.15, 0.2) is 0 Å². The minimum atomic E-state index is -0.862. The van der Waals surface area contributed by atoms with Crippen molar-refractivity contribution in [2.45, 2.75) is 52.1 Å². The Hall–Kier alpha value is -1.10. The topological polar surface area (TPSA) is 78.4 Å². The normalized spacial score (nSPS) is 18.4. The van der Waals surface area contributed by atoms with Crippen LogP contribution in [0.1, 0.15) is 40.0 Å². The molecule has 0 radical (unpaired) electrons. The van der Waals surface area contributed by atoms with E-state index in [2.05, 4.69) is 24.5 Å². The molecule has 1 rings (SSSR count). The van der Waals surface area contributed by atoms with Gasteiger partial charge in [-0.2, -0.15) is 0 Å². The van der Waals surface area contributed by atoms with Gasteiger partial charge in [0, 0.05) is 6.54 Å². The molecule has 0 bridgehead atoms. The molecule has 0 aromatic carbocycles. The lowest BCUT2D eigenvalue weighted by Crippen LogP contribution is -2.50. The Morgan fingerprint density at radius 3 is 2.33 bits per heavy atom. The van der Waals surface area contributed by atoms with E-state index in [0.29, 0.717) is 12.5 Å². The van der Waals surface area contributed by atoms with E-state index < -0.39 is 18.1 Å². The molecule has 0 aromatic rings. The van der Waals surface area contributed by atoms with Crippen LogP contribution in [0.2, 0.25) is 0 Å². The maximum absolute atomic E-state index is 11.8. The fraction of sp³-hybridized carbons (Fsp3) is 0.846. The second-order valence-electron chi connectivity index (χ2n) is 5.52. The summed E-state index contributed by atoms with van der Waals surface area (Å²) in [6.45, 7) is 6.55. The third-order valence-electron chi connectivity index (χ3n) is 3.20. The van der Waals surface area contributed by atoms with Crippen molar-refractivity contribution in [1.29, 1.82) is 0 Å². The minimum Gasteiger partial charge on any atom is -0.480 e. The van der Waals surface area contributed by atoms with Gasteiger partial charge >= 0.3 is 5.97 Å². The summed E-state index contributed by atoms with van der Waals surface area (Å²) in [6, 6.07) is -1.05. The summed E-state index contributed by atoms with van der Waals surface area (Å²) < 4.78 is 0. The van der Waals surface area contributed by atoms with Crippen molar-refractivity contribution >= 4 is 11.9 Å². The molecule has 2 atom stereocenters. The standard InChI is InChI=1S/C13H24N2O3/c1-8(2)6-7-14-12(16)9(3)15-11(13(17)18)10-4-5-10/h8-11,15H,4-7H2,1-3H3,(H,14,16)(H,17,18). The lowest BCUT2D eigenvalue weighted by atomic mass is 10.1. The highest BCUT2D eigenvalue weighted by Crippen LogP contribution is 2.32. The number of carbonyl (C=O) groups excluding carboxylic acids is 1. The first kappa shape index (κ1) is 15.0. The molecule has 18 heavy (non-hydrogen) atoms. The molecular formula is C13H24N2O3. The van der Waals surface area contributed by atoms with Crippen LogP contribution in [-0.4, -0.2) is 35.6 Å². The van der Waals surface area contributed by atoms with E-state index >= 15 is 0 Å². The van der Waals surface area contributed by atoms with E-state index in [1.54, 1.807) is 6.92 Å². The largest absolute Gasteiger partial charge is 0.480 e. The van der Waals surface area contributed by atoms with E-state index in [9.17, 15) is 9.59 Å². The molecule has 104 valence electrons. The third-order valence-corrected chi connectivity index (χ3v) is 3.20. The molecular weight excluding hydrogens is 232 g/mol. The molecule has 1 fully saturated rings. The predicted octanol–water partition coefficient (Wildman–Crippen LogP) is 0.990. The molecule has 0 aromatic heterocycles. The number of carbonyl (C=O) groups is 2. The number of hydrogen-bond donors (Lipinski definition) is 3. The first-order valence-corrected chi connectivity index (χ1v) is 6.68. The van der Waals surface area contributed by atoms with Gasteiger partial charge in [0.05, 0.1) is 6.04 Å². The van der Waals surface area contributed by atoms with Gasteiger partial charge in [-0.25, -0.2) is 0 Å². The second kappa shape index (κ2) is 6.73. The fourth-order valence-electron chi connectivity index (χ4n) is 1.82. The lowest BCUT2D eigenvalue weighted by molar-refractivity contribution is -0.140. The highest BCUT2D eigenvalue weighted by Gasteiger charge is 2.37. The minimum absolute atomic E-state index is 0.123. The lowest BCUT2D eigenvalue weighted by Gasteiger charge is -2.19. The Kier molecular flexibility index (Phi) is 5.59. The second-order valence-corrected chi connectivity index (χ2v) is 5.52. The quantitative estimate of drug-likeness (QED) is 0.605. The molecule has 0 heterocycles. The van der Waals surface area contributed by atoms with Crippen molar-refractivity contribution in [2.75, 3.05) is 6.54 Å². The smallest absolute Gasteiger partial charge is 0.321 e. The van der Waals surface area contributed by atoms with Crippen molar-refractivity contribution in [3.63, 3.8) is 0 Å². The summed E-state index contributed by atoms with van der Waals surface area (Å²) in [5.74, 6) is -0.248. The number of rotatable bonds is 8. The van der Waals surface area contributed by atoms with E-state index in [-0.39, 0.29) is 11.8 Å². The van der Waals surface area contributed by atoms with E-state index in [1.807, 2.05) is 0 Å². The zero-order valence-corrected chi connectivity index (χ0v) is 11.4. The number of amides is 1. The van der Waals surface area contributed by atoms with Crippen molar-refractivity contribution in [3.8, 4) is 0 Å². The van der Waals surface area contributed by atoms with E-state index in [1.165, 1.54) is 0 Å². The van der Waals surface area contributed by atoms with Crippen LogP contribution in [0.25, 0.3) is 0 Å². The number of hydrogen-bond acceptors (Lipinski definition) is 3. The Morgan fingerprint density at radius 1 is 1.28 bits per heavy atom. The molecule has 3 N–H and O–H groups in total. The number of aliphatic carboxylic acids is 1. The average molecular weight is 256 g/mol. The van der Waals surface area contributed by atoms with Crippen molar-refractivity contribution in [2.24, 2.45) is 11.8 Å². The first-order valence-electron chi connectivity index (χ1n) is 6.68. The molecule has 1 saturated carbocycles. The van der Waals surface area contributed by atoms with E-state index in [0.717, 1.165) is 19.3 Å². The van der Waals surface area contributed by atoms with Gasteiger partial charge < -0.3 is 10.4 Å². The Bertz CT molecular complexity index is 301. The van der Waals surface area contributed by atoms with Gasteiger partial charge in [-0.05, 0) is 38.0 Å². The van der Waals surface area contributed by atoms with Crippen LogP contribution < -0.4 is 10.6 Å². The predicted molar refractivity (Wildman–Crippen MR) is 69.2 cm³/mol. The zero-order valence-electron chi connectivity index (χ0n) is 11.4. The van der Waals surface area contributed by atoms with Crippen molar-refractivity contribution in [1.82, 2.24) is 10.6 Å². The monoisotopic (exact) mass is 256 g/mol. The van der Waals surface area contributed by atoms with E-state index in [4.69, 9.17) is 5.11 Å². The first-order chi connectivity index (χ1) is 8.41. The fourth-order valence-corrected chi connectivity index (χ4v) is 1.82. The third kappa shape index (κ3) is 5.04. The maximum Gasteiger partial charge on any atom is 0.321 e. The van der Waals surface area contributed by atoms with Crippen LogP contribution in [0.3, 0.4) is 0 Å². The van der Waals surface area contributed by atoms with Crippen LogP contribution in [0.4, 0.5) is 0 Å². The maximum atomic E-state index is 11.8. The van der Waals surface area contributed by atoms with Crippen molar-refractivity contribution < 1.29 is 14.7 Å². The highest BCUT2D eigenvalue weighted by atomic mass is 16.4. The Morgan fingerprint density at radius 2 is 1.89 bits per heavy atom. The molecule has 5 heteroatoms. The molecule has 0 spiro atoms. The molecule has 1 amide bonds. The zero-order chi connectivity index (χ0) is 13.7. The highest BCUT2D eigenvalue weighted by molar-refractivity contribution is 5.82. The Balaban J connectivity index is 2.31. The van der Waals surface area contributed by atoms with Gasteiger partial charge in [0.25, 0.3) is 0 Å². The summed E-state index contributed by atoms with van der Waals surface area (Å²) in [5.41, 5.74) is 0. The van der Waals surface area contributed by atoms with Crippen molar-refractivity contribution in [3.05, 3.63) is 0 Å². The van der Waals surface area contributed by atoms with Gasteiger partial charge in [0.2, 0.25) is 5.91 Å². The molecule has 5 nitrogen and oxygen atoms in total. The van der Waals surface area contributed by atoms with Gasteiger partial charge in [0.15, 0.2) is 0 Å². The summed E-state index contributed by atoms with van der Waals surface area (Å²) in [4.78, 5) is 22.8. The van der Waals surface area contributed by atoms with Gasteiger partial charge in [0.1, 0.15) is 6.04 Å². The average Bonchev–Trinajstić information content (AvgIpc) is 3.08. The summed E-state index contributed by atoms with van der Waals surface area (Å²) in [5, 5.41) is 14.8. The van der Waals surface area contributed by atoms with Crippen LogP contribution in [0.5, 0.6) is 0 Å². The molecule has 0 aliphatic heterocycles. The molecule has 1 aliphatic carbocycles. The number of nitrogens with one attached hydrogen (secondary N) is 2. The van der Waals surface area contributed by atoms with Gasteiger partial charge in [-0.3, -0.25) is 14.9 Å². The van der Waals surface area contributed by atoms with Crippen LogP contribution in [0, 0.1) is 11.8 Å².